The van der Waals surface area contributed by atoms with Gasteiger partial charge in [0.05, 0.1) is 0 Å². The fraction of sp³-hybridized carbons (Fsp3) is 0.417. The molecule has 0 heterocycles. The van der Waals surface area contributed by atoms with Crippen LogP contribution in [0.4, 0.5) is 9.18 Å². The van der Waals surface area contributed by atoms with Crippen molar-refractivity contribution in [3.63, 3.8) is 0 Å². The standard InChI is InChI=1S/C12H15ClFNO4/c1-7(19-12(15)16)11(18-6-17-2)10-8(13)4-3-5-9(10)14/h3-5,7,11H,6H2,1-2H3,(H2,15,16)/t7-,11+/m0/s1. The van der Waals surface area contributed by atoms with E-state index in [1.54, 1.807) is 0 Å². The van der Waals surface area contributed by atoms with Gasteiger partial charge in [-0.15, -0.1) is 0 Å². The van der Waals surface area contributed by atoms with E-state index in [0.29, 0.717) is 0 Å². The van der Waals surface area contributed by atoms with Crippen molar-refractivity contribution < 1.29 is 23.4 Å². The van der Waals surface area contributed by atoms with Gasteiger partial charge in [0.15, 0.2) is 0 Å². The van der Waals surface area contributed by atoms with Crippen LogP contribution in [0.2, 0.25) is 5.02 Å². The first-order valence-electron chi connectivity index (χ1n) is 5.48. The number of methoxy groups -OCH3 is 1. The first-order chi connectivity index (χ1) is 8.97. The molecule has 2 N–H and O–H groups in total. The van der Waals surface area contributed by atoms with Crippen LogP contribution in [0.15, 0.2) is 18.2 Å². The van der Waals surface area contributed by atoms with E-state index in [1.807, 2.05) is 0 Å². The summed E-state index contributed by atoms with van der Waals surface area (Å²) >= 11 is 5.95. The van der Waals surface area contributed by atoms with Crippen LogP contribution in [-0.4, -0.2) is 26.1 Å². The third kappa shape index (κ3) is 4.34. The number of halogens is 2. The number of amides is 1. The van der Waals surface area contributed by atoms with Crippen LogP contribution in [0.3, 0.4) is 0 Å². The maximum Gasteiger partial charge on any atom is 0.404 e. The lowest BCUT2D eigenvalue weighted by Crippen LogP contribution is -2.28. The second kappa shape index (κ2) is 7.28. The zero-order chi connectivity index (χ0) is 14.4. The second-order valence-corrected chi connectivity index (χ2v) is 4.18. The zero-order valence-electron chi connectivity index (χ0n) is 10.6. The first-order valence-corrected chi connectivity index (χ1v) is 5.85. The largest absolute Gasteiger partial charge is 0.444 e. The van der Waals surface area contributed by atoms with Gasteiger partial charge in [0.25, 0.3) is 0 Å². The van der Waals surface area contributed by atoms with Crippen molar-refractivity contribution >= 4 is 17.7 Å². The lowest BCUT2D eigenvalue weighted by Gasteiger charge is -2.24. The Balaban J connectivity index is 3.04. The first kappa shape index (κ1) is 15.7. The van der Waals surface area contributed by atoms with Crippen molar-refractivity contribution in [1.82, 2.24) is 0 Å². The highest BCUT2D eigenvalue weighted by molar-refractivity contribution is 6.31. The van der Waals surface area contributed by atoms with Crippen molar-refractivity contribution in [2.24, 2.45) is 5.73 Å². The predicted molar refractivity (Wildman–Crippen MR) is 67.2 cm³/mol. The van der Waals surface area contributed by atoms with Gasteiger partial charge in [-0.2, -0.15) is 0 Å². The summed E-state index contributed by atoms with van der Waals surface area (Å²) in [5, 5.41) is 0.168. The lowest BCUT2D eigenvalue weighted by molar-refractivity contribution is -0.112. The molecule has 7 heteroatoms. The Labute approximate surface area is 115 Å². The molecule has 5 nitrogen and oxygen atoms in total. The Bertz CT molecular complexity index is 423. The van der Waals surface area contributed by atoms with Gasteiger partial charge in [-0.1, -0.05) is 17.7 Å². The molecule has 1 amide bonds. The van der Waals surface area contributed by atoms with E-state index in [2.05, 4.69) is 0 Å². The van der Waals surface area contributed by atoms with Crippen molar-refractivity contribution in [1.29, 1.82) is 0 Å². The third-order valence-electron chi connectivity index (χ3n) is 2.38. The van der Waals surface area contributed by atoms with E-state index in [9.17, 15) is 9.18 Å². The molecule has 0 saturated heterocycles. The molecule has 0 spiro atoms. The van der Waals surface area contributed by atoms with Crippen LogP contribution in [0.5, 0.6) is 0 Å². The highest BCUT2D eigenvalue weighted by Crippen LogP contribution is 2.31. The summed E-state index contributed by atoms with van der Waals surface area (Å²) in [6.45, 7) is 1.41. The minimum atomic E-state index is -0.981. The van der Waals surface area contributed by atoms with Crippen molar-refractivity contribution in [3.05, 3.63) is 34.6 Å². The summed E-state index contributed by atoms with van der Waals surface area (Å²) in [6.07, 6.45) is -2.71. The van der Waals surface area contributed by atoms with Crippen molar-refractivity contribution in [2.45, 2.75) is 19.1 Å². The SMILES string of the molecule is COCO[C@@H](c1c(F)cccc1Cl)[C@H](C)OC(N)=O. The van der Waals surface area contributed by atoms with E-state index in [1.165, 1.54) is 32.2 Å². The van der Waals surface area contributed by atoms with Gasteiger partial charge in [0.1, 0.15) is 24.8 Å². The van der Waals surface area contributed by atoms with E-state index in [-0.39, 0.29) is 17.4 Å². The number of benzene rings is 1. The molecule has 0 unspecified atom stereocenters. The van der Waals surface area contributed by atoms with Gasteiger partial charge >= 0.3 is 6.09 Å². The van der Waals surface area contributed by atoms with E-state index in [0.717, 1.165) is 0 Å². The molecule has 1 rings (SSSR count). The normalized spacial score (nSPS) is 13.9. The Morgan fingerprint density at radius 1 is 1.53 bits per heavy atom. The van der Waals surface area contributed by atoms with Gasteiger partial charge in [-0.05, 0) is 19.1 Å². The van der Waals surface area contributed by atoms with Crippen molar-refractivity contribution in [3.8, 4) is 0 Å². The molecule has 19 heavy (non-hydrogen) atoms. The van der Waals surface area contributed by atoms with Crippen LogP contribution < -0.4 is 5.73 Å². The number of carbonyl (C=O) groups excluding carboxylic acids is 1. The Kier molecular flexibility index (Phi) is 6.01. The molecular weight excluding hydrogens is 277 g/mol. The molecule has 0 aliphatic carbocycles. The molecule has 0 fully saturated rings. The van der Waals surface area contributed by atoms with Crippen LogP contribution in [0, 0.1) is 5.82 Å². The molecule has 0 aliphatic heterocycles. The highest BCUT2D eigenvalue weighted by Gasteiger charge is 2.28. The smallest absolute Gasteiger partial charge is 0.404 e. The zero-order valence-corrected chi connectivity index (χ0v) is 11.3. The van der Waals surface area contributed by atoms with Crippen LogP contribution in [-0.2, 0) is 14.2 Å². The fourth-order valence-corrected chi connectivity index (χ4v) is 1.89. The van der Waals surface area contributed by atoms with Crippen LogP contribution in [0.1, 0.15) is 18.6 Å². The monoisotopic (exact) mass is 291 g/mol. The predicted octanol–water partition coefficient (Wildman–Crippen LogP) is 2.62. The van der Waals surface area contributed by atoms with Gasteiger partial charge in [-0.25, -0.2) is 9.18 Å². The van der Waals surface area contributed by atoms with Gasteiger partial charge < -0.3 is 19.9 Å². The maximum atomic E-state index is 13.8. The van der Waals surface area contributed by atoms with E-state index in [4.69, 9.17) is 31.5 Å². The number of hydrogen-bond donors (Lipinski definition) is 1. The van der Waals surface area contributed by atoms with Gasteiger partial charge in [0, 0.05) is 17.7 Å². The van der Waals surface area contributed by atoms with E-state index < -0.39 is 24.1 Å². The topological polar surface area (TPSA) is 70.8 Å². The highest BCUT2D eigenvalue weighted by atomic mass is 35.5. The number of carbonyl (C=O) groups is 1. The van der Waals surface area contributed by atoms with E-state index >= 15 is 0 Å². The third-order valence-corrected chi connectivity index (χ3v) is 2.71. The average molecular weight is 292 g/mol. The molecule has 0 radical (unpaired) electrons. The fourth-order valence-electron chi connectivity index (χ4n) is 1.62. The van der Waals surface area contributed by atoms with Crippen LogP contribution in [0.25, 0.3) is 0 Å². The Morgan fingerprint density at radius 3 is 2.74 bits per heavy atom. The molecule has 1 aromatic carbocycles. The molecule has 1 aromatic rings. The number of nitrogens with two attached hydrogens (primary N) is 1. The molecule has 0 bridgehead atoms. The summed E-state index contributed by atoms with van der Waals surface area (Å²) in [5.74, 6) is -0.562. The molecule has 0 aliphatic rings. The summed E-state index contributed by atoms with van der Waals surface area (Å²) in [5.41, 5.74) is 5.03. The molecule has 0 aromatic heterocycles. The summed E-state index contributed by atoms with van der Waals surface area (Å²) in [4.78, 5) is 10.8. The lowest BCUT2D eigenvalue weighted by atomic mass is 10.0. The van der Waals surface area contributed by atoms with Gasteiger partial charge in [-0.3, -0.25) is 0 Å². The summed E-state index contributed by atoms with van der Waals surface area (Å²) < 4.78 is 28.7. The molecule has 106 valence electrons. The maximum absolute atomic E-state index is 13.8. The average Bonchev–Trinajstić information content (AvgIpc) is 2.31. The minimum absolute atomic E-state index is 0.0926. The van der Waals surface area contributed by atoms with Gasteiger partial charge in [0.2, 0.25) is 0 Å². The molecule has 0 saturated carbocycles. The number of rotatable bonds is 6. The summed E-state index contributed by atoms with van der Waals surface area (Å²) in [6, 6.07) is 4.22. The minimum Gasteiger partial charge on any atom is -0.444 e. The Hall–Kier alpha value is -1.37. The van der Waals surface area contributed by atoms with Crippen molar-refractivity contribution in [2.75, 3.05) is 13.9 Å². The number of primary amides is 1. The quantitative estimate of drug-likeness (QED) is 0.818. The summed E-state index contributed by atoms with van der Waals surface area (Å²) in [7, 11) is 1.42. The second-order valence-electron chi connectivity index (χ2n) is 3.77. The molecular formula is C12H15ClFNO4. The Morgan fingerprint density at radius 2 is 2.21 bits per heavy atom. The number of ether oxygens (including phenoxy) is 3. The number of hydrogen-bond acceptors (Lipinski definition) is 4. The van der Waals surface area contributed by atoms with Crippen LogP contribution >= 0.6 is 11.6 Å². The molecule has 2 atom stereocenters.